The van der Waals surface area contributed by atoms with Crippen molar-refractivity contribution < 1.29 is 0 Å². The van der Waals surface area contributed by atoms with Gasteiger partial charge in [0.25, 0.3) is 0 Å². The Bertz CT molecular complexity index is 139. The number of hydrogen-bond acceptors (Lipinski definition) is 2. The van der Waals surface area contributed by atoms with Gasteiger partial charge in [0.1, 0.15) is 4.32 Å². The molecule has 0 atom stereocenters. The Hall–Kier alpha value is -0.0200. The first-order valence-corrected chi connectivity index (χ1v) is 3.77. The van der Waals surface area contributed by atoms with Crippen molar-refractivity contribution >= 4 is 28.3 Å². The van der Waals surface area contributed by atoms with Crippen molar-refractivity contribution in [3.8, 4) is 0 Å². The van der Waals surface area contributed by atoms with Crippen molar-refractivity contribution in [3.05, 3.63) is 11.8 Å². The summed E-state index contributed by atoms with van der Waals surface area (Å²) in [6.45, 7) is 2.09. The van der Waals surface area contributed by atoms with Crippen molar-refractivity contribution in [1.29, 1.82) is 0 Å². The van der Waals surface area contributed by atoms with Crippen LogP contribution in [0.3, 0.4) is 0 Å². The molecule has 0 aromatic heterocycles. The molecule has 1 aliphatic rings. The zero-order chi connectivity index (χ0) is 5.98. The molecule has 0 saturated carbocycles. The topological polar surface area (TPSA) is 12.0 Å². The zero-order valence-corrected chi connectivity index (χ0v) is 6.23. The molecule has 1 nitrogen and oxygen atoms in total. The average molecular weight is 145 g/mol. The van der Waals surface area contributed by atoms with Crippen LogP contribution in [0.2, 0.25) is 0 Å². The molecule has 0 fully saturated rings. The molecule has 0 spiro atoms. The van der Waals surface area contributed by atoms with Gasteiger partial charge in [-0.1, -0.05) is 24.0 Å². The largest absolute Gasteiger partial charge is 0.348 e. The minimum atomic E-state index is 0.885. The van der Waals surface area contributed by atoms with E-state index < -0.39 is 0 Å². The molecule has 0 aromatic rings. The van der Waals surface area contributed by atoms with Gasteiger partial charge in [-0.25, -0.2) is 0 Å². The lowest BCUT2D eigenvalue weighted by Crippen LogP contribution is -2.16. The third-order valence-corrected chi connectivity index (χ3v) is 2.32. The molecular weight excluding hydrogens is 138 g/mol. The van der Waals surface area contributed by atoms with E-state index >= 15 is 0 Å². The molecule has 0 aliphatic carbocycles. The Labute approximate surface area is 58.5 Å². The maximum Gasteiger partial charge on any atom is 0.138 e. The summed E-state index contributed by atoms with van der Waals surface area (Å²) in [5.41, 5.74) is 1.35. The first-order chi connectivity index (χ1) is 3.79. The Balaban J connectivity index is 2.55. The van der Waals surface area contributed by atoms with Crippen molar-refractivity contribution in [2.24, 2.45) is 0 Å². The van der Waals surface area contributed by atoms with Crippen LogP contribution in [0.15, 0.2) is 11.8 Å². The Morgan fingerprint density at radius 2 is 2.62 bits per heavy atom. The Morgan fingerprint density at radius 3 is 3.00 bits per heavy atom. The summed E-state index contributed by atoms with van der Waals surface area (Å²) in [5.74, 6) is 1.05. The number of thiocarbonyl (C=S) groups is 1. The molecule has 0 unspecified atom stereocenters. The number of hydrogen-bond donors (Lipinski definition) is 1. The Kier molecular flexibility index (Phi) is 1.91. The van der Waals surface area contributed by atoms with Crippen LogP contribution in [-0.4, -0.2) is 10.1 Å². The highest BCUT2D eigenvalue weighted by atomic mass is 32.2. The third-order valence-electron chi connectivity index (χ3n) is 0.867. The van der Waals surface area contributed by atoms with E-state index in [2.05, 4.69) is 12.2 Å². The first-order valence-electron chi connectivity index (χ1n) is 2.38. The van der Waals surface area contributed by atoms with Crippen LogP contribution in [0.4, 0.5) is 0 Å². The normalized spacial score (nSPS) is 19.6. The van der Waals surface area contributed by atoms with Crippen molar-refractivity contribution in [2.45, 2.75) is 6.92 Å². The van der Waals surface area contributed by atoms with Crippen LogP contribution in [0.1, 0.15) is 6.92 Å². The van der Waals surface area contributed by atoms with E-state index in [-0.39, 0.29) is 0 Å². The lowest BCUT2D eigenvalue weighted by atomic mass is 10.4. The minimum absolute atomic E-state index is 0.885. The van der Waals surface area contributed by atoms with Crippen LogP contribution in [0.25, 0.3) is 0 Å². The zero-order valence-electron chi connectivity index (χ0n) is 4.60. The lowest BCUT2D eigenvalue weighted by Gasteiger charge is -2.09. The van der Waals surface area contributed by atoms with Crippen molar-refractivity contribution in [1.82, 2.24) is 5.32 Å². The van der Waals surface area contributed by atoms with E-state index in [0.29, 0.717) is 0 Å². The van der Waals surface area contributed by atoms with Crippen molar-refractivity contribution in [3.63, 3.8) is 0 Å². The van der Waals surface area contributed by atoms with Crippen LogP contribution >= 0.6 is 24.0 Å². The fourth-order valence-corrected chi connectivity index (χ4v) is 1.26. The van der Waals surface area contributed by atoms with Gasteiger partial charge in [0.05, 0.1) is 0 Å². The standard InChI is InChI=1S/C5H7NS2/c1-4-2-6-5(7)8-3-4/h2H,3H2,1H3,(H,6,7). The van der Waals surface area contributed by atoms with Gasteiger partial charge in [-0.05, 0) is 12.5 Å². The second-order valence-corrected chi connectivity index (χ2v) is 3.36. The van der Waals surface area contributed by atoms with Crippen LogP contribution in [0.5, 0.6) is 0 Å². The highest BCUT2D eigenvalue weighted by Gasteiger charge is 2.01. The molecule has 44 valence electrons. The smallest absolute Gasteiger partial charge is 0.138 e. The van der Waals surface area contributed by atoms with Gasteiger partial charge in [-0.3, -0.25) is 0 Å². The molecule has 3 heteroatoms. The number of rotatable bonds is 0. The van der Waals surface area contributed by atoms with Crippen LogP contribution < -0.4 is 5.32 Å². The second kappa shape index (κ2) is 2.51. The molecular formula is C5H7NS2. The van der Waals surface area contributed by atoms with Crippen molar-refractivity contribution in [2.75, 3.05) is 5.75 Å². The predicted octanol–water partition coefficient (Wildman–Crippen LogP) is 1.51. The van der Waals surface area contributed by atoms with Gasteiger partial charge in [0.2, 0.25) is 0 Å². The van der Waals surface area contributed by atoms with E-state index in [9.17, 15) is 0 Å². The van der Waals surface area contributed by atoms with Gasteiger partial charge in [-0.2, -0.15) is 0 Å². The summed E-state index contributed by atoms with van der Waals surface area (Å²) in [5, 5.41) is 2.96. The van der Waals surface area contributed by atoms with Crippen LogP contribution in [-0.2, 0) is 0 Å². The molecule has 0 saturated heterocycles. The second-order valence-electron chi connectivity index (χ2n) is 1.71. The first kappa shape index (κ1) is 6.11. The highest BCUT2D eigenvalue weighted by Crippen LogP contribution is 2.11. The maximum absolute atomic E-state index is 4.87. The molecule has 0 radical (unpaired) electrons. The van der Waals surface area contributed by atoms with E-state index in [1.807, 2.05) is 6.20 Å². The molecule has 1 rings (SSSR count). The number of thioether (sulfide) groups is 1. The molecule has 0 aromatic carbocycles. The monoisotopic (exact) mass is 145 g/mol. The van der Waals surface area contributed by atoms with Gasteiger partial charge >= 0.3 is 0 Å². The quantitative estimate of drug-likeness (QED) is 0.519. The SMILES string of the molecule is CC1=CNC(=S)SC1. The van der Waals surface area contributed by atoms with Gasteiger partial charge < -0.3 is 5.32 Å². The minimum Gasteiger partial charge on any atom is -0.348 e. The predicted molar refractivity (Wildman–Crippen MR) is 41.9 cm³/mol. The van der Waals surface area contributed by atoms with E-state index in [1.165, 1.54) is 5.57 Å². The molecule has 1 N–H and O–H groups in total. The summed E-state index contributed by atoms with van der Waals surface area (Å²) in [4.78, 5) is 0. The van der Waals surface area contributed by atoms with E-state index in [0.717, 1.165) is 10.1 Å². The number of nitrogens with one attached hydrogen (secondary N) is 1. The van der Waals surface area contributed by atoms with Crippen LogP contribution in [0, 0.1) is 0 Å². The lowest BCUT2D eigenvalue weighted by molar-refractivity contribution is 1.23. The third kappa shape index (κ3) is 1.49. The van der Waals surface area contributed by atoms with Gasteiger partial charge in [0, 0.05) is 12.0 Å². The summed E-state index contributed by atoms with van der Waals surface area (Å²) in [7, 11) is 0. The molecule has 0 bridgehead atoms. The fraction of sp³-hybridized carbons (Fsp3) is 0.400. The average Bonchev–Trinajstić information content (AvgIpc) is 1.77. The summed E-state index contributed by atoms with van der Waals surface area (Å²) < 4.78 is 0.885. The Morgan fingerprint density at radius 1 is 1.88 bits per heavy atom. The van der Waals surface area contributed by atoms with Gasteiger partial charge in [0.15, 0.2) is 0 Å². The fourth-order valence-electron chi connectivity index (χ4n) is 0.445. The molecule has 1 heterocycles. The highest BCUT2D eigenvalue weighted by molar-refractivity contribution is 8.23. The summed E-state index contributed by atoms with van der Waals surface area (Å²) >= 11 is 6.54. The van der Waals surface area contributed by atoms with Gasteiger partial charge in [-0.15, -0.1) is 0 Å². The van der Waals surface area contributed by atoms with E-state index in [1.54, 1.807) is 11.8 Å². The molecule has 1 aliphatic heterocycles. The summed E-state index contributed by atoms with van der Waals surface area (Å²) in [6, 6.07) is 0. The molecule has 8 heavy (non-hydrogen) atoms. The van der Waals surface area contributed by atoms with E-state index in [4.69, 9.17) is 12.2 Å². The molecule has 0 amide bonds. The summed E-state index contributed by atoms with van der Waals surface area (Å²) in [6.07, 6.45) is 1.96. The maximum atomic E-state index is 4.87.